The molecule has 0 spiro atoms. The number of hydrogen-bond acceptors (Lipinski definition) is 2. The van der Waals surface area contributed by atoms with Gasteiger partial charge in [-0.3, -0.25) is 0 Å². The highest BCUT2D eigenvalue weighted by Crippen LogP contribution is 2.09. The molecule has 11 heavy (non-hydrogen) atoms. The predicted molar refractivity (Wildman–Crippen MR) is 39.8 cm³/mol. The summed E-state index contributed by atoms with van der Waals surface area (Å²) >= 11 is 0. The van der Waals surface area contributed by atoms with E-state index in [1.54, 1.807) is 6.07 Å². The van der Waals surface area contributed by atoms with Gasteiger partial charge in [-0.05, 0) is 30.2 Å². The minimum absolute atomic E-state index is 0.277. The number of rotatable bonds is 2. The van der Waals surface area contributed by atoms with Crippen molar-refractivity contribution in [2.45, 2.75) is 13.5 Å². The van der Waals surface area contributed by atoms with Gasteiger partial charge in [0.15, 0.2) is 0 Å². The van der Waals surface area contributed by atoms with Crippen LogP contribution in [0.2, 0.25) is 0 Å². The molecule has 60 valence electrons. The SMILES string of the molecule is Cc1ccc(F)cc1CNO. The molecule has 0 fully saturated rings. The van der Waals surface area contributed by atoms with Gasteiger partial charge in [0.25, 0.3) is 0 Å². The monoisotopic (exact) mass is 155 g/mol. The summed E-state index contributed by atoms with van der Waals surface area (Å²) < 4.78 is 12.6. The van der Waals surface area contributed by atoms with Crippen LogP contribution in [-0.4, -0.2) is 5.21 Å². The second-order valence-corrected chi connectivity index (χ2v) is 2.41. The van der Waals surface area contributed by atoms with Crippen LogP contribution in [0.25, 0.3) is 0 Å². The zero-order valence-corrected chi connectivity index (χ0v) is 6.26. The minimum atomic E-state index is -0.277. The van der Waals surface area contributed by atoms with Gasteiger partial charge in [0.2, 0.25) is 0 Å². The molecule has 2 nitrogen and oxygen atoms in total. The van der Waals surface area contributed by atoms with Crippen molar-refractivity contribution in [1.29, 1.82) is 0 Å². The van der Waals surface area contributed by atoms with Gasteiger partial charge in [0, 0.05) is 6.54 Å². The molecule has 0 bridgehead atoms. The maximum absolute atomic E-state index is 12.6. The fraction of sp³-hybridized carbons (Fsp3) is 0.250. The molecule has 0 aromatic heterocycles. The highest BCUT2D eigenvalue weighted by molar-refractivity contribution is 5.26. The number of hydrogen-bond donors (Lipinski definition) is 2. The van der Waals surface area contributed by atoms with Crippen LogP contribution in [0, 0.1) is 12.7 Å². The summed E-state index contributed by atoms with van der Waals surface area (Å²) in [6.45, 7) is 2.15. The molecule has 1 aromatic rings. The third kappa shape index (κ3) is 2.00. The predicted octanol–water partition coefficient (Wildman–Crippen LogP) is 1.61. The molecule has 0 aliphatic heterocycles. The van der Waals surface area contributed by atoms with E-state index in [1.807, 2.05) is 12.4 Å². The first kappa shape index (κ1) is 8.17. The Morgan fingerprint density at radius 1 is 1.55 bits per heavy atom. The van der Waals surface area contributed by atoms with Crippen molar-refractivity contribution in [1.82, 2.24) is 5.48 Å². The van der Waals surface area contributed by atoms with Crippen LogP contribution in [0.4, 0.5) is 4.39 Å². The highest BCUT2D eigenvalue weighted by Gasteiger charge is 1.98. The van der Waals surface area contributed by atoms with Crippen LogP contribution in [0.3, 0.4) is 0 Å². The quantitative estimate of drug-likeness (QED) is 0.636. The second kappa shape index (κ2) is 3.46. The van der Waals surface area contributed by atoms with E-state index in [4.69, 9.17) is 5.21 Å². The Balaban J connectivity index is 2.93. The largest absolute Gasteiger partial charge is 0.316 e. The molecule has 0 radical (unpaired) electrons. The van der Waals surface area contributed by atoms with Crippen molar-refractivity contribution in [3.8, 4) is 0 Å². The minimum Gasteiger partial charge on any atom is -0.316 e. The Bertz CT molecular complexity index is 250. The maximum atomic E-state index is 12.6. The molecule has 1 rings (SSSR count). The normalized spacial score (nSPS) is 10.1. The summed E-state index contributed by atoms with van der Waals surface area (Å²) in [5, 5.41) is 8.36. The lowest BCUT2D eigenvalue weighted by molar-refractivity contribution is 0.161. The van der Waals surface area contributed by atoms with Gasteiger partial charge in [-0.2, -0.15) is 0 Å². The Morgan fingerprint density at radius 2 is 2.27 bits per heavy atom. The number of aryl methyl sites for hydroxylation is 1. The smallest absolute Gasteiger partial charge is 0.123 e. The van der Waals surface area contributed by atoms with E-state index in [1.165, 1.54) is 12.1 Å². The van der Waals surface area contributed by atoms with Gasteiger partial charge >= 0.3 is 0 Å². The molecule has 0 saturated carbocycles. The van der Waals surface area contributed by atoms with Crippen LogP contribution in [0.15, 0.2) is 18.2 Å². The highest BCUT2D eigenvalue weighted by atomic mass is 19.1. The standard InChI is InChI=1S/C8H10FNO/c1-6-2-3-8(9)4-7(6)5-10-11/h2-4,10-11H,5H2,1H3. The molecule has 0 unspecified atom stereocenters. The van der Waals surface area contributed by atoms with Crippen LogP contribution in [0.5, 0.6) is 0 Å². The van der Waals surface area contributed by atoms with Gasteiger partial charge < -0.3 is 5.21 Å². The molecule has 0 heterocycles. The molecule has 2 N–H and O–H groups in total. The number of halogens is 1. The fourth-order valence-corrected chi connectivity index (χ4v) is 0.916. The zero-order valence-electron chi connectivity index (χ0n) is 6.26. The van der Waals surface area contributed by atoms with E-state index >= 15 is 0 Å². The molecular weight excluding hydrogens is 145 g/mol. The zero-order chi connectivity index (χ0) is 8.27. The lowest BCUT2D eigenvalue weighted by Gasteiger charge is -2.02. The summed E-state index contributed by atoms with van der Waals surface area (Å²) in [7, 11) is 0. The Hall–Kier alpha value is -0.930. The molecule has 0 amide bonds. The first-order chi connectivity index (χ1) is 5.24. The van der Waals surface area contributed by atoms with Crippen molar-refractivity contribution in [2.75, 3.05) is 0 Å². The summed E-state index contributed by atoms with van der Waals surface area (Å²) in [4.78, 5) is 0. The Labute approximate surface area is 64.6 Å². The Morgan fingerprint density at radius 3 is 2.91 bits per heavy atom. The third-order valence-electron chi connectivity index (χ3n) is 1.58. The van der Waals surface area contributed by atoms with Crippen molar-refractivity contribution in [3.05, 3.63) is 35.1 Å². The number of hydroxylamine groups is 1. The molecule has 3 heteroatoms. The second-order valence-electron chi connectivity index (χ2n) is 2.41. The van der Waals surface area contributed by atoms with Crippen molar-refractivity contribution < 1.29 is 9.60 Å². The van der Waals surface area contributed by atoms with Crippen LogP contribution in [-0.2, 0) is 6.54 Å². The van der Waals surface area contributed by atoms with E-state index in [0.29, 0.717) is 0 Å². The average Bonchev–Trinajstić information content (AvgIpc) is 1.98. The van der Waals surface area contributed by atoms with Gasteiger partial charge in [0.05, 0.1) is 0 Å². The molecule has 0 atom stereocenters. The van der Waals surface area contributed by atoms with E-state index in [-0.39, 0.29) is 12.4 Å². The maximum Gasteiger partial charge on any atom is 0.123 e. The summed E-state index contributed by atoms with van der Waals surface area (Å²) in [6.07, 6.45) is 0. The van der Waals surface area contributed by atoms with E-state index in [9.17, 15) is 4.39 Å². The lowest BCUT2D eigenvalue weighted by atomic mass is 10.1. The fourth-order valence-electron chi connectivity index (χ4n) is 0.916. The molecular formula is C8H10FNO. The van der Waals surface area contributed by atoms with Crippen LogP contribution < -0.4 is 5.48 Å². The van der Waals surface area contributed by atoms with Crippen LogP contribution >= 0.6 is 0 Å². The van der Waals surface area contributed by atoms with Crippen molar-refractivity contribution in [2.24, 2.45) is 0 Å². The van der Waals surface area contributed by atoms with Gasteiger partial charge in [0.1, 0.15) is 5.82 Å². The van der Waals surface area contributed by atoms with Crippen molar-refractivity contribution in [3.63, 3.8) is 0 Å². The molecule has 0 saturated heterocycles. The summed E-state index contributed by atoms with van der Waals surface area (Å²) in [5.41, 5.74) is 3.72. The third-order valence-corrected chi connectivity index (χ3v) is 1.58. The van der Waals surface area contributed by atoms with Gasteiger partial charge in [-0.15, -0.1) is 0 Å². The summed E-state index contributed by atoms with van der Waals surface area (Å²) in [5.74, 6) is -0.277. The van der Waals surface area contributed by atoms with E-state index in [0.717, 1.165) is 11.1 Å². The van der Waals surface area contributed by atoms with Gasteiger partial charge in [-0.1, -0.05) is 6.07 Å². The topological polar surface area (TPSA) is 32.3 Å². The average molecular weight is 155 g/mol. The summed E-state index contributed by atoms with van der Waals surface area (Å²) in [6, 6.07) is 4.48. The first-order valence-electron chi connectivity index (χ1n) is 3.36. The number of nitrogens with one attached hydrogen (secondary N) is 1. The number of benzene rings is 1. The first-order valence-corrected chi connectivity index (χ1v) is 3.36. The molecule has 0 aliphatic rings. The van der Waals surface area contributed by atoms with E-state index in [2.05, 4.69) is 0 Å². The lowest BCUT2D eigenvalue weighted by Crippen LogP contribution is -2.07. The Kier molecular flexibility index (Phi) is 2.57. The molecule has 1 aromatic carbocycles. The van der Waals surface area contributed by atoms with Crippen molar-refractivity contribution >= 4 is 0 Å². The van der Waals surface area contributed by atoms with Gasteiger partial charge in [-0.25, -0.2) is 9.87 Å². The van der Waals surface area contributed by atoms with Crippen LogP contribution in [0.1, 0.15) is 11.1 Å². The molecule has 0 aliphatic carbocycles. The van der Waals surface area contributed by atoms with E-state index < -0.39 is 0 Å².